The van der Waals surface area contributed by atoms with Crippen LogP contribution in [0.4, 0.5) is 0 Å². The average Bonchev–Trinajstić information content (AvgIpc) is 2.77. The molecular weight excluding hydrogens is 514 g/mol. The van der Waals surface area contributed by atoms with Crippen LogP contribution in [0.5, 0.6) is 11.5 Å². The monoisotopic (exact) mass is 563 g/mol. The molecule has 0 radical (unpaired) electrons. The van der Waals surface area contributed by atoms with Gasteiger partial charge in [-0.1, -0.05) is 67.9 Å². The van der Waals surface area contributed by atoms with Gasteiger partial charge in [0.2, 0.25) is 0 Å². The van der Waals surface area contributed by atoms with E-state index in [0.717, 1.165) is 6.42 Å². The molecule has 1 aromatic rings. The van der Waals surface area contributed by atoms with Crippen molar-refractivity contribution in [3.8, 4) is 11.5 Å². The summed E-state index contributed by atoms with van der Waals surface area (Å²) in [6, 6.07) is 4.69. The van der Waals surface area contributed by atoms with Crippen LogP contribution in [0.1, 0.15) is 100.0 Å². The van der Waals surface area contributed by atoms with Crippen molar-refractivity contribution in [3.05, 3.63) is 23.8 Å². The van der Waals surface area contributed by atoms with Gasteiger partial charge in [-0.05, 0) is 41.4 Å². The maximum Gasteiger partial charge on any atom is 0.326 e. The molecule has 0 aliphatic rings. The van der Waals surface area contributed by atoms with Crippen LogP contribution in [0.3, 0.4) is 0 Å². The molecular formula is C31H49NO8. The van der Waals surface area contributed by atoms with E-state index in [2.05, 4.69) is 0 Å². The second-order valence-electron chi connectivity index (χ2n) is 13.3. The molecule has 2 unspecified atom stereocenters. The maximum atomic E-state index is 12.8. The molecule has 9 nitrogen and oxygen atoms in total. The zero-order chi connectivity index (χ0) is 30.9. The van der Waals surface area contributed by atoms with Crippen LogP contribution in [0.15, 0.2) is 18.2 Å². The van der Waals surface area contributed by atoms with E-state index in [1.165, 1.54) is 19.2 Å². The smallest absolute Gasteiger partial charge is 0.326 e. The summed E-state index contributed by atoms with van der Waals surface area (Å²) in [4.78, 5) is 50.3. The van der Waals surface area contributed by atoms with Crippen LogP contribution < -0.4 is 15.2 Å². The van der Waals surface area contributed by atoms with Gasteiger partial charge in [-0.25, -0.2) is 0 Å². The van der Waals surface area contributed by atoms with Crippen molar-refractivity contribution < 1.29 is 38.1 Å². The van der Waals surface area contributed by atoms with Crippen molar-refractivity contribution >= 4 is 23.9 Å². The number of methoxy groups -OCH3 is 1. The number of benzene rings is 1. The van der Waals surface area contributed by atoms with E-state index >= 15 is 0 Å². The number of esters is 4. The fourth-order valence-corrected chi connectivity index (χ4v) is 4.06. The molecule has 1 rings (SSSR count). The largest absolute Gasteiger partial charge is 0.468 e. The van der Waals surface area contributed by atoms with Crippen LogP contribution in [-0.4, -0.2) is 42.6 Å². The maximum absolute atomic E-state index is 12.8. The molecule has 0 saturated heterocycles. The van der Waals surface area contributed by atoms with Gasteiger partial charge in [0.05, 0.1) is 20.0 Å². The first-order valence-corrected chi connectivity index (χ1v) is 13.9. The SMILES string of the molecule is CCC(C)CC(=O)OC(C)C[C@@](N)(Cc1ccc(OC(=O)CC(C)(C)C)c(OC(=O)CC(C)(C)C)c1)C(=O)OC. The van der Waals surface area contributed by atoms with E-state index in [1.807, 2.05) is 55.4 Å². The van der Waals surface area contributed by atoms with Gasteiger partial charge in [0.1, 0.15) is 11.6 Å². The highest BCUT2D eigenvalue weighted by molar-refractivity contribution is 5.81. The molecule has 0 saturated carbocycles. The Morgan fingerprint density at radius 3 is 1.85 bits per heavy atom. The normalized spacial score (nSPS) is 14.9. The predicted molar refractivity (Wildman–Crippen MR) is 153 cm³/mol. The molecule has 0 aromatic heterocycles. The summed E-state index contributed by atoms with van der Waals surface area (Å²) in [6.07, 6.45) is 0.760. The van der Waals surface area contributed by atoms with Gasteiger partial charge in [0.25, 0.3) is 0 Å². The Morgan fingerprint density at radius 2 is 1.38 bits per heavy atom. The topological polar surface area (TPSA) is 131 Å². The Morgan fingerprint density at radius 1 is 0.850 bits per heavy atom. The van der Waals surface area contributed by atoms with Gasteiger partial charge in [0.15, 0.2) is 11.5 Å². The van der Waals surface area contributed by atoms with Crippen molar-refractivity contribution in [2.24, 2.45) is 22.5 Å². The lowest BCUT2D eigenvalue weighted by atomic mass is 9.86. The molecule has 3 atom stereocenters. The molecule has 0 bridgehead atoms. The van der Waals surface area contributed by atoms with E-state index in [9.17, 15) is 19.2 Å². The van der Waals surface area contributed by atoms with Crippen molar-refractivity contribution in [2.45, 2.75) is 112 Å². The van der Waals surface area contributed by atoms with Crippen LogP contribution in [0.2, 0.25) is 0 Å². The number of ether oxygens (including phenoxy) is 4. The first kappa shape index (κ1) is 35.1. The van der Waals surface area contributed by atoms with Crippen molar-refractivity contribution in [1.29, 1.82) is 0 Å². The summed E-state index contributed by atoms with van der Waals surface area (Å²) in [5.41, 5.74) is 4.94. The Bertz CT molecular complexity index is 1040. The van der Waals surface area contributed by atoms with Crippen LogP contribution in [-0.2, 0) is 35.1 Å². The molecule has 0 amide bonds. The first-order valence-electron chi connectivity index (χ1n) is 13.9. The second kappa shape index (κ2) is 14.6. The van der Waals surface area contributed by atoms with Crippen molar-refractivity contribution in [1.82, 2.24) is 0 Å². The quantitative estimate of drug-likeness (QED) is 0.243. The standard InChI is InChI=1S/C31H49NO8/c1-11-20(2)14-25(33)38-21(3)16-31(32,28(36)37-10)17-22-12-13-23(39-26(34)18-29(4,5)6)24(15-22)40-27(35)19-30(7,8)9/h12-13,15,20-21H,11,14,16-19,32H2,1-10H3/t20?,21?,31-/m1/s1. The molecule has 9 heteroatoms. The summed E-state index contributed by atoms with van der Waals surface area (Å²) in [5.74, 6) is -1.68. The zero-order valence-corrected chi connectivity index (χ0v) is 26.0. The third kappa shape index (κ3) is 12.9. The lowest BCUT2D eigenvalue weighted by Crippen LogP contribution is -2.53. The number of carbonyl (C=O) groups excluding carboxylic acids is 4. The molecule has 0 heterocycles. The molecule has 2 N–H and O–H groups in total. The number of carbonyl (C=O) groups is 4. The van der Waals surface area contributed by atoms with E-state index in [1.54, 1.807) is 13.0 Å². The Labute approximate surface area is 239 Å². The van der Waals surface area contributed by atoms with Gasteiger partial charge in [0, 0.05) is 19.3 Å². The minimum absolute atomic E-state index is 0.00698. The predicted octanol–water partition coefficient (Wildman–Crippen LogP) is 5.54. The van der Waals surface area contributed by atoms with Gasteiger partial charge in [-0.3, -0.25) is 19.2 Å². The molecule has 0 fully saturated rings. The summed E-state index contributed by atoms with van der Waals surface area (Å²) in [7, 11) is 1.24. The fraction of sp³-hybridized carbons (Fsp3) is 0.677. The summed E-state index contributed by atoms with van der Waals surface area (Å²) in [5, 5.41) is 0. The Balaban J connectivity index is 3.28. The minimum atomic E-state index is -1.54. The third-order valence-corrected chi connectivity index (χ3v) is 6.11. The van der Waals surface area contributed by atoms with E-state index in [-0.39, 0.29) is 66.3 Å². The number of nitrogens with two attached hydrogens (primary N) is 1. The third-order valence-electron chi connectivity index (χ3n) is 6.11. The molecule has 0 spiro atoms. The molecule has 1 aromatic carbocycles. The van der Waals surface area contributed by atoms with Crippen molar-refractivity contribution in [3.63, 3.8) is 0 Å². The summed E-state index contributed by atoms with van der Waals surface area (Å²) < 4.78 is 21.7. The van der Waals surface area contributed by atoms with E-state index in [4.69, 9.17) is 24.7 Å². The van der Waals surface area contributed by atoms with E-state index < -0.39 is 29.6 Å². The molecule has 226 valence electrons. The highest BCUT2D eigenvalue weighted by Crippen LogP contribution is 2.33. The van der Waals surface area contributed by atoms with Gasteiger partial charge in [-0.2, -0.15) is 0 Å². The van der Waals surface area contributed by atoms with Gasteiger partial charge >= 0.3 is 23.9 Å². The second-order valence-corrected chi connectivity index (χ2v) is 13.3. The lowest BCUT2D eigenvalue weighted by Gasteiger charge is -2.29. The summed E-state index contributed by atoms with van der Waals surface area (Å²) in [6.45, 7) is 17.1. The lowest BCUT2D eigenvalue weighted by molar-refractivity contribution is -0.155. The average molecular weight is 564 g/mol. The molecule has 40 heavy (non-hydrogen) atoms. The van der Waals surface area contributed by atoms with Crippen molar-refractivity contribution in [2.75, 3.05) is 7.11 Å². The molecule has 0 aliphatic heterocycles. The van der Waals surface area contributed by atoms with E-state index in [0.29, 0.717) is 5.56 Å². The zero-order valence-electron chi connectivity index (χ0n) is 26.0. The van der Waals surface area contributed by atoms with Crippen LogP contribution >= 0.6 is 0 Å². The van der Waals surface area contributed by atoms with Crippen LogP contribution in [0, 0.1) is 16.7 Å². The highest BCUT2D eigenvalue weighted by atomic mass is 16.6. The van der Waals surface area contributed by atoms with Gasteiger partial charge < -0.3 is 24.7 Å². The first-order chi connectivity index (χ1) is 18.3. The molecule has 0 aliphatic carbocycles. The number of hydrogen-bond acceptors (Lipinski definition) is 9. The Hall–Kier alpha value is -2.94. The van der Waals surface area contributed by atoms with Gasteiger partial charge in [-0.15, -0.1) is 0 Å². The number of hydrogen-bond donors (Lipinski definition) is 1. The highest BCUT2D eigenvalue weighted by Gasteiger charge is 2.38. The van der Waals surface area contributed by atoms with Crippen LogP contribution in [0.25, 0.3) is 0 Å². The fourth-order valence-electron chi connectivity index (χ4n) is 4.06. The minimum Gasteiger partial charge on any atom is -0.468 e. The summed E-state index contributed by atoms with van der Waals surface area (Å²) >= 11 is 0. The number of rotatable bonds is 13. The Kier molecular flexibility index (Phi) is 12.8.